The lowest BCUT2D eigenvalue weighted by molar-refractivity contribution is 0.463. The minimum absolute atomic E-state index is 0.366. The Hall–Kier alpha value is -1.02. The molecule has 0 saturated heterocycles. The van der Waals surface area contributed by atoms with Gasteiger partial charge in [0.2, 0.25) is 0 Å². The van der Waals surface area contributed by atoms with Gasteiger partial charge in [-0.2, -0.15) is 0 Å². The molecule has 0 unspecified atom stereocenters. The molecule has 0 atom stereocenters. The zero-order chi connectivity index (χ0) is 12.1. The Labute approximate surface area is 98.7 Å². The molecule has 0 spiro atoms. The number of nitrogens with one attached hydrogen (secondary N) is 1. The van der Waals surface area contributed by atoms with E-state index < -0.39 is 0 Å². The summed E-state index contributed by atoms with van der Waals surface area (Å²) in [5.41, 5.74) is 3.49. The van der Waals surface area contributed by atoms with Gasteiger partial charge in [-0.25, -0.2) is 0 Å². The Morgan fingerprint density at radius 1 is 1.31 bits per heavy atom. The van der Waals surface area contributed by atoms with Crippen molar-refractivity contribution in [2.24, 2.45) is 0 Å². The van der Waals surface area contributed by atoms with E-state index in [1.807, 2.05) is 13.0 Å². The molecular formula is C14H23NO. The van der Waals surface area contributed by atoms with Crippen molar-refractivity contribution in [3.05, 3.63) is 28.8 Å². The van der Waals surface area contributed by atoms with Gasteiger partial charge < -0.3 is 10.4 Å². The molecule has 0 aromatic heterocycles. The summed E-state index contributed by atoms with van der Waals surface area (Å²) < 4.78 is 0. The van der Waals surface area contributed by atoms with E-state index in [9.17, 15) is 5.11 Å². The molecule has 1 aromatic rings. The van der Waals surface area contributed by atoms with Gasteiger partial charge in [0, 0.05) is 6.54 Å². The van der Waals surface area contributed by atoms with E-state index >= 15 is 0 Å². The number of benzene rings is 1. The summed E-state index contributed by atoms with van der Waals surface area (Å²) in [6, 6.07) is 4.00. The molecule has 16 heavy (non-hydrogen) atoms. The summed E-state index contributed by atoms with van der Waals surface area (Å²) in [6.45, 7) is 10.3. The largest absolute Gasteiger partial charge is 0.508 e. The third-order valence-corrected chi connectivity index (χ3v) is 2.85. The average Bonchev–Trinajstić information content (AvgIpc) is 2.21. The fraction of sp³-hybridized carbons (Fsp3) is 0.571. The zero-order valence-electron chi connectivity index (χ0n) is 10.8. The molecule has 0 saturated carbocycles. The fourth-order valence-electron chi connectivity index (χ4n) is 1.81. The Balaban J connectivity index is 2.87. The highest BCUT2D eigenvalue weighted by molar-refractivity contribution is 5.42. The Morgan fingerprint density at radius 2 is 2.00 bits per heavy atom. The summed E-state index contributed by atoms with van der Waals surface area (Å²) in [5.74, 6) is 0.789. The van der Waals surface area contributed by atoms with Crippen LogP contribution in [0.15, 0.2) is 12.1 Å². The summed E-state index contributed by atoms with van der Waals surface area (Å²) in [5, 5.41) is 13.2. The number of aryl methyl sites for hydroxylation is 1. The molecule has 0 aliphatic rings. The van der Waals surface area contributed by atoms with Crippen LogP contribution in [0.25, 0.3) is 0 Å². The predicted molar refractivity (Wildman–Crippen MR) is 68.9 cm³/mol. The highest BCUT2D eigenvalue weighted by Crippen LogP contribution is 2.28. The molecule has 90 valence electrons. The van der Waals surface area contributed by atoms with E-state index in [0.717, 1.165) is 30.6 Å². The Bertz CT molecular complexity index is 345. The first-order valence-corrected chi connectivity index (χ1v) is 6.09. The predicted octanol–water partition coefficient (Wildman–Crippen LogP) is 3.32. The van der Waals surface area contributed by atoms with E-state index in [1.54, 1.807) is 0 Å². The van der Waals surface area contributed by atoms with Crippen LogP contribution in [0.1, 0.15) is 49.8 Å². The first-order valence-electron chi connectivity index (χ1n) is 6.09. The van der Waals surface area contributed by atoms with Gasteiger partial charge >= 0.3 is 0 Å². The number of rotatable bonds is 5. The van der Waals surface area contributed by atoms with Crippen LogP contribution in [-0.4, -0.2) is 11.7 Å². The molecule has 0 aliphatic carbocycles. The van der Waals surface area contributed by atoms with Gasteiger partial charge in [-0.3, -0.25) is 0 Å². The van der Waals surface area contributed by atoms with Crippen molar-refractivity contribution in [2.45, 2.75) is 46.6 Å². The van der Waals surface area contributed by atoms with Crippen molar-refractivity contribution in [1.82, 2.24) is 5.32 Å². The molecule has 0 radical (unpaired) electrons. The highest BCUT2D eigenvalue weighted by atomic mass is 16.3. The third-order valence-electron chi connectivity index (χ3n) is 2.85. The fourth-order valence-corrected chi connectivity index (χ4v) is 1.81. The van der Waals surface area contributed by atoms with Crippen LogP contribution in [0, 0.1) is 6.92 Å². The molecule has 0 heterocycles. The maximum atomic E-state index is 9.84. The normalized spacial score (nSPS) is 11.1. The van der Waals surface area contributed by atoms with Crippen molar-refractivity contribution in [2.75, 3.05) is 6.54 Å². The topological polar surface area (TPSA) is 32.3 Å². The van der Waals surface area contributed by atoms with Gasteiger partial charge in [-0.15, -0.1) is 0 Å². The number of phenolic OH excluding ortho intramolecular Hbond substituents is 1. The monoisotopic (exact) mass is 221 g/mol. The Morgan fingerprint density at radius 3 is 2.56 bits per heavy atom. The van der Waals surface area contributed by atoms with Crippen molar-refractivity contribution < 1.29 is 5.11 Å². The lowest BCUT2D eigenvalue weighted by Gasteiger charge is -2.14. The summed E-state index contributed by atoms with van der Waals surface area (Å²) in [4.78, 5) is 0. The quantitative estimate of drug-likeness (QED) is 0.748. The second kappa shape index (κ2) is 5.90. The van der Waals surface area contributed by atoms with Gasteiger partial charge in [-0.1, -0.05) is 26.8 Å². The second-order valence-corrected chi connectivity index (χ2v) is 4.67. The van der Waals surface area contributed by atoms with E-state index in [4.69, 9.17) is 0 Å². The molecule has 1 rings (SSSR count). The molecule has 2 N–H and O–H groups in total. The molecular weight excluding hydrogens is 198 g/mol. The minimum Gasteiger partial charge on any atom is -0.508 e. The number of hydrogen-bond donors (Lipinski definition) is 2. The van der Waals surface area contributed by atoms with Crippen LogP contribution in [0.4, 0.5) is 0 Å². The summed E-state index contributed by atoms with van der Waals surface area (Å²) in [7, 11) is 0. The molecule has 2 heteroatoms. The molecule has 2 nitrogen and oxygen atoms in total. The molecule has 0 aliphatic heterocycles. The van der Waals surface area contributed by atoms with E-state index in [-0.39, 0.29) is 0 Å². The smallest absolute Gasteiger partial charge is 0.119 e. The lowest BCUT2D eigenvalue weighted by atomic mass is 9.96. The van der Waals surface area contributed by atoms with Gasteiger partial charge in [0.25, 0.3) is 0 Å². The summed E-state index contributed by atoms with van der Waals surface area (Å²) in [6.07, 6.45) is 1.15. The number of hydrogen-bond acceptors (Lipinski definition) is 2. The van der Waals surface area contributed by atoms with Crippen LogP contribution in [0.3, 0.4) is 0 Å². The average molecular weight is 221 g/mol. The van der Waals surface area contributed by atoms with Crippen molar-refractivity contribution in [3.8, 4) is 5.75 Å². The molecule has 0 bridgehead atoms. The van der Waals surface area contributed by atoms with Crippen LogP contribution in [-0.2, 0) is 6.54 Å². The van der Waals surface area contributed by atoms with E-state index in [0.29, 0.717) is 11.7 Å². The Kier molecular flexibility index (Phi) is 4.81. The maximum absolute atomic E-state index is 9.84. The minimum atomic E-state index is 0.366. The first kappa shape index (κ1) is 13.0. The standard InChI is InChI=1S/C14H23NO/c1-5-6-15-9-12-8-13(10(2)3)14(16)7-11(12)4/h7-8,10,15-16H,5-6,9H2,1-4H3. The van der Waals surface area contributed by atoms with E-state index in [1.165, 1.54) is 5.56 Å². The van der Waals surface area contributed by atoms with Gasteiger partial charge in [-0.05, 0) is 48.6 Å². The van der Waals surface area contributed by atoms with Crippen molar-refractivity contribution >= 4 is 0 Å². The van der Waals surface area contributed by atoms with E-state index in [2.05, 4.69) is 32.2 Å². The van der Waals surface area contributed by atoms with Crippen LogP contribution in [0.5, 0.6) is 5.75 Å². The SMILES string of the molecule is CCCNCc1cc(C(C)C)c(O)cc1C. The van der Waals surface area contributed by atoms with Crippen LogP contribution in [0.2, 0.25) is 0 Å². The third kappa shape index (κ3) is 3.24. The first-order chi connectivity index (χ1) is 7.56. The lowest BCUT2D eigenvalue weighted by Crippen LogP contribution is -2.14. The molecule has 0 fully saturated rings. The van der Waals surface area contributed by atoms with Gasteiger partial charge in [0.1, 0.15) is 5.75 Å². The van der Waals surface area contributed by atoms with Gasteiger partial charge in [0.15, 0.2) is 0 Å². The van der Waals surface area contributed by atoms with Crippen molar-refractivity contribution in [3.63, 3.8) is 0 Å². The van der Waals surface area contributed by atoms with Crippen molar-refractivity contribution in [1.29, 1.82) is 0 Å². The highest BCUT2D eigenvalue weighted by Gasteiger charge is 2.09. The maximum Gasteiger partial charge on any atom is 0.119 e. The molecule has 0 amide bonds. The summed E-state index contributed by atoms with van der Waals surface area (Å²) >= 11 is 0. The van der Waals surface area contributed by atoms with Gasteiger partial charge in [0.05, 0.1) is 0 Å². The van der Waals surface area contributed by atoms with Crippen LogP contribution < -0.4 is 5.32 Å². The second-order valence-electron chi connectivity index (χ2n) is 4.67. The number of phenols is 1. The van der Waals surface area contributed by atoms with Crippen LogP contribution >= 0.6 is 0 Å². The number of aromatic hydroxyl groups is 1. The zero-order valence-corrected chi connectivity index (χ0v) is 10.8. The molecule has 1 aromatic carbocycles.